The van der Waals surface area contributed by atoms with Gasteiger partial charge in [-0.05, 0) is 39.9 Å². The van der Waals surface area contributed by atoms with E-state index in [9.17, 15) is 5.11 Å². The summed E-state index contributed by atoms with van der Waals surface area (Å²) in [6.07, 6.45) is 0. The third kappa shape index (κ3) is 5.24. The fourth-order valence-corrected chi connectivity index (χ4v) is 1.51. The molecule has 0 fully saturated rings. The van der Waals surface area contributed by atoms with E-state index in [1.807, 2.05) is 19.1 Å². The minimum Gasteiger partial charge on any atom is -0.506 e. The van der Waals surface area contributed by atoms with Crippen molar-refractivity contribution in [3.05, 3.63) is 38.8 Å². The van der Waals surface area contributed by atoms with Gasteiger partial charge in [0.2, 0.25) is 0 Å². The van der Waals surface area contributed by atoms with Gasteiger partial charge in [0.25, 0.3) is 0 Å². The van der Waals surface area contributed by atoms with Crippen molar-refractivity contribution in [2.45, 2.75) is 26.7 Å². The summed E-state index contributed by atoms with van der Waals surface area (Å²) >= 11 is 13.0. The van der Waals surface area contributed by atoms with E-state index in [4.69, 9.17) is 23.2 Å². The third-order valence-electron chi connectivity index (χ3n) is 1.96. The van der Waals surface area contributed by atoms with Crippen LogP contribution in [-0.2, 0) is 0 Å². The molecule has 0 bridgehead atoms. The molecule has 0 spiro atoms. The summed E-state index contributed by atoms with van der Waals surface area (Å²) in [6, 6.07) is 3.99. The average molecular weight is 326 g/mol. The van der Waals surface area contributed by atoms with E-state index in [2.05, 4.69) is 36.4 Å². The topological polar surface area (TPSA) is 20.2 Å². The van der Waals surface area contributed by atoms with Gasteiger partial charge in [0, 0.05) is 0 Å². The molecule has 0 atom stereocenters. The van der Waals surface area contributed by atoms with Gasteiger partial charge in [0.05, 0.1) is 8.96 Å². The first-order valence-electron chi connectivity index (χ1n) is 4.75. The molecule has 1 aromatic rings. The van der Waals surface area contributed by atoms with Gasteiger partial charge in [0.15, 0.2) is 0 Å². The Morgan fingerprint density at radius 1 is 1.38 bits per heavy atom. The maximum Gasteiger partial charge on any atom is 0.133 e. The van der Waals surface area contributed by atoms with Gasteiger partial charge in [-0.1, -0.05) is 55.8 Å². The molecule has 0 aliphatic heterocycles. The SMILES string of the molecule is C=C(Cl)Cl.Cc1ccc(C(C)C)c(O)c1Br. The zero-order valence-corrected chi connectivity index (χ0v) is 12.6. The Hall–Kier alpha value is -0.180. The lowest BCUT2D eigenvalue weighted by atomic mass is 10.0. The van der Waals surface area contributed by atoms with Gasteiger partial charge in [-0.25, -0.2) is 0 Å². The predicted octanol–water partition coefficient (Wildman–Crippen LogP) is 5.52. The first-order valence-corrected chi connectivity index (χ1v) is 6.30. The van der Waals surface area contributed by atoms with Gasteiger partial charge in [0.1, 0.15) is 5.75 Å². The van der Waals surface area contributed by atoms with Gasteiger partial charge in [-0.15, -0.1) is 0 Å². The summed E-state index contributed by atoms with van der Waals surface area (Å²) < 4.78 is 0.925. The summed E-state index contributed by atoms with van der Waals surface area (Å²) in [7, 11) is 0. The highest BCUT2D eigenvalue weighted by atomic mass is 79.9. The van der Waals surface area contributed by atoms with Crippen molar-refractivity contribution in [2.24, 2.45) is 0 Å². The van der Waals surface area contributed by atoms with Crippen LogP contribution in [0.2, 0.25) is 0 Å². The standard InChI is InChI=1S/C10H13BrO.C2H2Cl2/c1-6(2)8-5-4-7(3)9(11)10(8)12;1-2(3)4/h4-6,12H,1-3H3;1H2. The number of hydrogen-bond acceptors (Lipinski definition) is 1. The smallest absolute Gasteiger partial charge is 0.133 e. The van der Waals surface area contributed by atoms with Crippen molar-refractivity contribution in [3.63, 3.8) is 0 Å². The van der Waals surface area contributed by atoms with Gasteiger partial charge in [-0.3, -0.25) is 0 Å². The van der Waals surface area contributed by atoms with E-state index in [-0.39, 0.29) is 4.49 Å². The van der Waals surface area contributed by atoms with Crippen LogP contribution in [-0.4, -0.2) is 5.11 Å². The van der Waals surface area contributed by atoms with E-state index < -0.39 is 0 Å². The summed E-state index contributed by atoms with van der Waals surface area (Å²) in [6.45, 7) is 9.19. The molecule has 0 saturated carbocycles. The second-order valence-electron chi connectivity index (χ2n) is 3.63. The fraction of sp³-hybridized carbons (Fsp3) is 0.333. The van der Waals surface area contributed by atoms with E-state index in [1.165, 1.54) is 0 Å². The van der Waals surface area contributed by atoms with Crippen LogP contribution in [0, 0.1) is 6.92 Å². The lowest BCUT2D eigenvalue weighted by Crippen LogP contribution is -1.89. The highest BCUT2D eigenvalue weighted by molar-refractivity contribution is 9.10. The Morgan fingerprint density at radius 2 is 1.81 bits per heavy atom. The largest absolute Gasteiger partial charge is 0.506 e. The molecule has 0 heterocycles. The molecule has 0 aliphatic carbocycles. The lowest BCUT2D eigenvalue weighted by molar-refractivity contribution is 0.461. The highest BCUT2D eigenvalue weighted by Gasteiger charge is 2.09. The molecule has 16 heavy (non-hydrogen) atoms. The number of aromatic hydroxyl groups is 1. The Kier molecular flexibility index (Phi) is 7.12. The van der Waals surface area contributed by atoms with E-state index in [1.54, 1.807) is 0 Å². The molecule has 90 valence electrons. The van der Waals surface area contributed by atoms with Crippen molar-refractivity contribution < 1.29 is 5.11 Å². The summed E-state index contributed by atoms with van der Waals surface area (Å²) in [5, 5.41) is 9.70. The molecule has 0 unspecified atom stereocenters. The zero-order valence-electron chi connectivity index (χ0n) is 9.52. The molecule has 0 saturated heterocycles. The van der Waals surface area contributed by atoms with Crippen LogP contribution >= 0.6 is 39.1 Å². The number of aryl methyl sites for hydroxylation is 1. The summed E-state index contributed by atoms with van der Waals surface area (Å²) in [4.78, 5) is 0. The average Bonchev–Trinajstić information content (AvgIpc) is 2.13. The van der Waals surface area contributed by atoms with Gasteiger partial charge >= 0.3 is 0 Å². The zero-order chi connectivity index (χ0) is 12.9. The Morgan fingerprint density at radius 3 is 2.19 bits per heavy atom. The Balaban J connectivity index is 0.000000487. The number of halogens is 3. The summed E-state index contributed by atoms with van der Waals surface area (Å²) in [5.41, 5.74) is 2.06. The van der Waals surface area contributed by atoms with Gasteiger partial charge in [-0.2, -0.15) is 0 Å². The number of rotatable bonds is 1. The first-order chi connectivity index (χ1) is 7.27. The molecule has 0 amide bonds. The molecular formula is C12H15BrCl2O. The van der Waals surface area contributed by atoms with Crippen LogP contribution in [0.4, 0.5) is 0 Å². The predicted molar refractivity (Wildman–Crippen MR) is 75.5 cm³/mol. The second-order valence-corrected chi connectivity index (χ2v) is 5.53. The van der Waals surface area contributed by atoms with E-state index in [0.29, 0.717) is 11.7 Å². The molecule has 1 rings (SSSR count). The maximum atomic E-state index is 9.70. The lowest BCUT2D eigenvalue weighted by Gasteiger charge is -2.10. The molecular weight excluding hydrogens is 311 g/mol. The second kappa shape index (κ2) is 7.21. The minimum absolute atomic E-state index is 0.111. The number of benzene rings is 1. The van der Waals surface area contributed by atoms with E-state index >= 15 is 0 Å². The monoisotopic (exact) mass is 324 g/mol. The number of hydrogen-bond donors (Lipinski definition) is 1. The van der Waals surface area contributed by atoms with Gasteiger partial charge < -0.3 is 5.11 Å². The minimum atomic E-state index is 0.111. The molecule has 0 aromatic heterocycles. The fourth-order valence-electron chi connectivity index (χ4n) is 1.15. The van der Waals surface area contributed by atoms with Crippen LogP contribution in [0.1, 0.15) is 30.9 Å². The van der Waals surface area contributed by atoms with Crippen molar-refractivity contribution >= 4 is 39.1 Å². The molecule has 1 N–H and O–H groups in total. The Bertz CT molecular complexity index is 372. The molecule has 4 heteroatoms. The van der Waals surface area contributed by atoms with Crippen LogP contribution < -0.4 is 0 Å². The third-order valence-corrected chi connectivity index (χ3v) is 2.96. The number of phenolic OH excluding ortho intramolecular Hbond substituents is 1. The molecule has 0 radical (unpaired) electrons. The van der Waals surface area contributed by atoms with Crippen LogP contribution in [0.3, 0.4) is 0 Å². The first kappa shape index (κ1) is 15.8. The van der Waals surface area contributed by atoms with Crippen LogP contribution in [0.5, 0.6) is 5.75 Å². The Labute approximate surface area is 115 Å². The number of phenols is 1. The van der Waals surface area contributed by atoms with Crippen molar-refractivity contribution in [1.29, 1.82) is 0 Å². The molecule has 1 aromatic carbocycles. The van der Waals surface area contributed by atoms with Crippen LogP contribution in [0.25, 0.3) is 0 Å². The van der Waals surface area contributed by atoms with Crippen molar-refractivity contribution in [3.8, 4) is 5.75 Å². The highest BCUT2D eigenvalue weighted by Crippen LogP contribution is 2.34. The normalized spacial score (nSPS) is 9.69. The van der Waals surface area contributed by atoms with Crippen molar-refractivity contribution in [2.75, 3.05) is 0 Å². The summed E-state index contributed by atoms with van der Waals surface area (Å²) in [5.74, 6) is 0.742. The van der Waals surface area contributed by atoms with Crippen LogP contribution in [0.15, 0.2) is 27.7 Å². The molecule has 0 aliphatic rings. The van der Waals surface area contributed by atoms with E-state index in [0.717, 1.165) is 15.6 Å². The maximum absolute atomic E-state index is 9.70. The van der Waals surface area contributed by atoms with Crippen molar-refractivity contribution in [1.82, 2.24) is 0 Å². The quantitative estimate of drug-likeness (QED) is 0.720. The molecule has 1 nitrogen and oxygen atoms in total.